The van der Waals surface area contributed by atoms with Gasteiger partial charge < -0.3 is 4.90 Å². The van der Waals surface area contributed by atoms with Gasteiger partial charge in [-0.3, -0.25) is 0 Å². The number of hydrogen-bond donors (Lipinski definition) is 0. The van der Waals surface area contributed by atoms with Crippen LogP contribution in [0.3, 0.4) is 0 Å². The Bertz CT molecular complexity index is 2200. The summed E-state index contributed by atoms with van der Waals surface area (Å²) in [4.78, 5) is 2.40. The highest BCUT2D eigenvalue weighted by atomic mass is 32.1. The molecule has 0 saturated heterocycles. The number of nitrogens with zero attached hydrogens (tertiary/aromatic N) is 1. The second-order valence-electron chi connectivity index (χ2n) is 10.6. The first kappa shape index (κ1) is 24.6. The van der Waals surface area contributed by atoms with Gasteiger partial charge in [0.05, 0.1) is 10.4 Å². The van der Waals surface area contributed by atoms with E-state index in [1.54, 1.807) is 0 Å². The molecule has 1 aromatic heterocycles. The lowest BCUT2D eigenvalue weighted by atomic mass is 9.95. The summed E-state index contributed by atoms with van der Waals surface area (Å²) in [5.41, 5.74) is 8.36. The minimum Gasteiger partial charge on any atom is -0.309 e. The van der Waals surface area contributed by atoms with Gasteiger partial charge in [0, 0.05) is 26.8 Å². The molecule has 1 nitrogen and oxygen atoms in total. The molecule has 0 amide bonds. The quantitative estimate of drug-likeness (QED) is 0.205. The molecule has 0 saturated carbocycles. The molecule has 0 spiro atoms. The molecule has 0 unspecified atom stereocenters. The topological polar surface area (TPSA) is 3.24 Å². The van der Waals surface area contributed by atoms with E-state index in [0.29, 0.717) is 0 Å². The maximum Gasteiger partial charge on any atom is 0.0640 e. The standard InChI is InChI=1S/C40H27NS/c1-2-17-32(18-3-1)41(38-24-11-23-37-36-21-6-7-25-39(36)42-40(37)38)33-19-9-15-30(27-33)29-14-8-16-31(26-29)35-22-10-13-28-12-4-5-20-34(28)35/h1-27H. The van der Waals surface area contributed by atoms with E-state index in [1.165, 1.54) is 58.9 Å². The van der Waals surface area contributed by atoms with Crippen molar-refractivity contribution in [2.45, 2.75) is 0 Å². The lowest BCUT2D eigenvalue weighted by molar-refractivity contribution is 1.30. The van der Waals surface area contributed by atoms with E-state index in [2.05, 4.69) is 169 Å². The van der Waals surface area contributed by atoms with Crippen LogP contribution in [0, 0.1) is 0 Å². The van der Waals surface area contributed by atoms with Crippen molar-refractivity contribution in [2.75, 3.05) is 4.90 Å². The summed E-state index contributed by atoms with van der Waals surface area (Å²) in [6, 6.07) is 59.1. The third kappa shape index (κ3) is 4.25. The molecule has 42 heavy (non-hydrogen) atoms. The molecule has 1 heterocycles. The fourth-order valence-electron chi connectivity index (χ4n) is 6.08. The Morgan fingerprint density at radius 3 is 1.93 bits per heavy atom. The maximum absolute atomic E-state index is 2.40. The number of para-hydroxylation sites is 1. The van der Waals surface area contributed by atoms with Crippen LogP contribution in [0.15, 0.2) is 164 Å². The van der Waals surface area contributed by atoms with Crippen molar-refractivity contribution in [2.24, 2.45) is 0 Å². The van der Waals surface area contributed by atoms with Gasteiger partial charge in [0.25, 0.3) is 0 Å². The van der Waals surface area contributed by atoms with Crippen molar-refractivity contribution < 1.29 is 0 Å². The highest BCUT2D eigenvalue weighted by Gasteiger charge is 2.18. The summed E-state index contributed by atoms with van der Waals surface area (Å²) in [5.74, 6) is 0. The molecule has 0 atom stereocenters. The number of thiophene rings is 1. The first-order valence-electron chi connectivity index (χ1n) is 14.3. The zero-order chi connectivity index (χ0) is 27.9. The second kappa shape index (κ2) is 10.3. The van der Waals surface area contributed by atoms with Crippen LogP contribution in [0.2, 0.25) is 0 Å². The van der Waals surface area contributed by atoms with Gasteiger partial charge in [-0.15, -0.1) is 11.3 Å². The van der Waals surface area contributed by atoms with Crippen molar-refractivity contribution in [3.63, 3.8) is 0 Å². The normalized spacial score (nSPS) is 11.3. The molecule has 0 aliphatic carbocycles. The van der Waals surface area contributed by atoms with Gasteiger partial charge in [-0.25, -0.2) is 0 Å². The van der Waals surface area contributed by atoms with Gasteiger partial charge in [-0.05, 0) is 75.5 Å². The van der Waals surface area contributed by atoms with Gasteiger partial charge in [0.15, 0.2) is 0 Å². The highest BCUT2D eigenvalue weighted by Crippen LogP contribution is 2.45. The molecule has 7 aromatic carbocycles. The molecule has 0 N–H and O–H groups in total. The average molecular weight is 554 g/mol. The number of hydrogen-bond acceptors (Lipinski definition) is 2. The minimum absolute atomic E-state index is 1.14. The zero-order valence-corrected chi connectivity index (χ0v) is 23.8. The first-order valence-corrected chi connectivity index (χ1v) is 15.1. The zero-order valence-electron chi connectivity index (χ0n) is 22.9. The molecular weight excluding hydrogens is 527 g/mol. The second-order valence-corrected chi connectivity index (χ2v) is 11.6. The van der Waals surface area contributed by atoms with E-state index in [1.807, 2.05) is 11.3 Å². The number of rotatable bonds is 5. The van der Waals surface area contributed by atoms with E-state index in [0.717, 1.165) is 11.4 Å². The van der Waals surface area contributed by atoms with Gasteiger partial charge in [0.1, 0.15) is 0 Å². The maximum atomic E-state index is 2.40. The van der Waals surface area contributed by atoms with Crippen LogP contribution in [0.4, 0.5) is 17.1 Å². The first-order chi connectivity index (χ1) is 20.8. The molecule has 198 valence electrons. The van der Waals surface area contributed by atoms with Crippen LogP contribution in [-0.2, 0) is 0 Å². The average Bonchev–Trinajstić information content (AvgIpc) is 3.45. The molecule has 2 heteroatoms. The molecule has 0 aliphatic rings. The molecule has 0 fully saturated rings. The van der Waals surface area contributed by atoms with Crippen LogP contribution in [-0.4, -0.2) is 0 Å². The van der Waals surface area contributed by atoms with Crippen molar-refractivity contribution in [1.29, 1.82) is 0 Å². The lowest BCUT2D eigenvalue weighted by Crippen LogP contribution is -2.10. The Morgan fingerprint density at radius 1 is 0.405 bits per heavy atom. The van der Waals surface area contributed by atoms with Crippen molar-refractivity contribution >= 4 is 59.3 Å². The molecule has 8 aromatic rings. The van der Waals surface area contributed by atoms with E-state index < -0.39 is 0 Å². The summed E-state index contributed by atoms with van der Waals surface area (Å²) >= 11 is 1.87. The fraction of sp³-hybridized carbons (Fsp3) is 0. The SMILES string of the molecule is c1ccc(N(c2cccc(-c3cccc(-c4cccc5ccccc45)c3)c2)c2cccc3c2sc2ccccc23)cc1. The molecule has 0 radical (unpaired) electrons. The van der Waals surface area contributed by atoms with E-state index >= 15 is 0 Å². The van der Waals surface area contributed by atoms with Crippen LogP contribution in [0.5, 0.6) is 0 Å². The van der Waals surface area contributed by atoms with Crippen molar-refractivity contribution in [1.82, 2.24) is 0 Å². The molecular formula is C40H27NS. The largest absolute Gasteiger partial charge is 0.309 e. The van der Waals surface area contributed by atoms with E-state index in [4.69, 9.17) is 0 Å². The lowest BCUT2D eigenvalue weighted by Gasteiger charge is -2.26. The third-order valence-electron chi connectivity index (χ3n) is 8.04. The molecule has 8 rings (SSSR count). The van der Waals surface area contributed by atoms with Gasteiger partial charge >= 0.3 is 0 Å². The highest BCUT2D eigenvalue weighted by molar-refractivity contribution is 7.26. The summed E-state index contributed by atoms with van der Waals surface area (Å²) in [7, 11) is 0. The summed E-state index contributed by atoms with van der Waals surface area (Å²) in [6.45, 7) is 0. The Hall–Kier alpha value is -5.18. The Labute approximate surface area is 249 Å². The van der Waals surface area contributed by atoms with Crippen LogP contribution >= 0.6 is 11.3 Å². The Kier molecular flexibility index (Phi) is 6.05. The van der Waals surface area contributed by atoms with E-state index in [9.17, 15) is 0 Å². The van der Waals surface area contributed by atoms with Gasteiger partial charge in [-0.2, -0.15) is 0 Å². The van der Waals surface area contributed by atoms with Crippen molar-refractivity contribution in [3.05, 3.63) is 164 Å². The summed E-state index contributed by atoms with van der Waals surface area (Å²) in [6.07, 6.45) is 0. The summed E-state index contributed by atoms with van der Waals surface area (Å²) < 4.78 is 2.61. The molecule has 0 bridgehead atoms. The van der Waals surface area contributed by atoms with E-state index in [-0.39, 0.29) is 0 Å². The van der Waals surface area contributed by atoms with Crippen LogP contribution in [0.25, 0.3) is 53.2 Å². The van der Waals surface area contributed by atoms with Crippen molar-refractivity contribution in [3.8, 4) is 22.3 Å². The molecule has 0 aliphatic heterocycles. The smallest absolute Gasteiger partial charge is 0.0640 e. The monoisotopic (exact) mass is 553 g/mol. The number of benzene rings is 7. The van der Waals surface area contributed by atoms with Gasteiger partial charge in [0.2, 0.25) is 0 Å². The summed E-state index contributed by atoms with van der Waals surface area (Å²) in [5, 5.41) is 5.15. The van der Waals surface area contributed by atoms with Crippen LogP contribution < -0.4 is 4.90 Å². The Balaban J connectivity index is 1.28. The third-order valence-corrected chi connectivity index (χ3v) is 9.25. The number of anilines is 3. The predicted octanol–water partition coefficient (Wildman–Crippen LogP) is 12.0. The minimum atomic E-state index is 1.14. The predicted molar refractivity (Wildman–Crippen MR) is 182 cm³/mol. The van der Waals surface area contributed by atoms with Crippen LogP contribution in [0.1, 0.15) is 0 Å². The Morgan fingerprint density at radius 2 is 1.02 bits per heavy atom. The number of fused-ring (bicyclic) bond motifs is 4. The van der Waals surface area contributed by atoms with Gasteiger partial charge in [-0.1, -0.05) is 121 Å². The fourth-order valence-corrected chi connectivity index (χ4v) is 7.29.